The summed E-state index contributed by atoms with van der Waals surface area (Å²) in [5.74, 6) is 1.19. The minimum absolute atomic E-state index is 0. The van der Waals surface area contributed by atoms with Gasteiger partial charge < -0.3 is 38.9 Å². The Labute approximate surface area is 858 Å². The topological polar surface area (TPSA) is 95.4 Å². The second-order valence-corrected chi connectivity index (χ2v) is 52.2. The average Bonchev–Trinajstić information content (AvgIpc) is 1.60. The zero-order valence-electron chi connectivity index (χ0n) is 84.7. The van der Waals surface area contributed by atoms with Gasteiger partial charge >= 0.3 is 0 Å². The van der Waals surface area contributed by atoms with Crippen molar-refractivity contribution in [1.82, 2.24) is 34.5 Å². The Morgan fingerprint density at radius 1 is 0.346 bits per heavy atom. The number of rotatable bonds is 16. The van der Waals surface area contributed by atoms with Crippen LogP contribution in [0, 0.1) is 68.9 Å². The first kappa shape index (κ1) is 93.0. The van der Waals surface area contributed by atoms with Crippen LogP contribution in [0.2, 0.25) is 52.4 Å². The molecule has 21 aromatic rings. The monoisotopic (exact) mass is 2380 g/mol. The van der Waals surface area contributed by atoms with Gasteiger partial charge in [0.25, 0.3) is 0 Å². The maximum Gasteiger partial charge on any atom is 0.120 e. The summed E-state index contributed by atoms with van der Waals surface area (Å²) in [6.45, 7) is 26.1. The summed E-state index contributed by atoms with van der Waals surface area (Å²) >= 11 is 1.83. The van der Waals surface area contributed by atoms with Crippen LogP contribution >= 0.6 is 11.3 Å². The third-order valence-corrected chi connectivity index (χ3v) is 32.2. The second kappa shape index (κ2) is 46.2. The molecule has 8 nitrogen and oxygen atoms in total. The van der Waals surface area contributed by atoms with Crippen LogP contribution in [0.5, 0.6) is 0 Å². The Hall–Kier alpha value is -12.0. The average molecular weight is 2380 g/mol. The Kier molecular flexibility index (Phi) is 31.6. The molecule has 0 atom stereocenters. The van der Waals surface area contributed by atoms with Gasteiger partial charge in [0.1, 0.15) is 13.7 Å². The molecule has 21 rings (SSSR count). The zero-order valence-corrected chi connectivity index (χ0v) is 89.7. The molecule has 0 unspecified atom stereocenters. The number of furan rings is 1. The third kappa shape index (κ3) is 24.7. The Bertz CT molecular complexity index is 7720. The van der Waals surface area contributed by atoms with Crippen LogP contribution in [0.3, 0.4) is 0 Å². The summed E-state index contributed by atoms with van der Waals surface area (Å²) in [7, 11) is -4.83. The van der Waals surface area contributed by atoms with Crippen molar-refractivity contribution in [3.63, 3.8) is 0 Å². The summed E-state index contributed by atoms with van der Waals surface area (Å²) < 4.78 is 54.7. The molecule has 0 aliphatic heterocycles. The molecule has 0 saturated carbocycles. The normalized spacial score (nSPS) is 12.1. The van der Waals surface area contributed by atoms with E-state index in [4.69, 9.17) is 27.6 Å². The molecule has 0 saturated heterocycles. The van der Waals surface area contributed by atoms with Gasteiger partial charge in [-0.2, -0.15) is 11.3 Å². The van der Waals surface area contributed by atoms with Crippen molar-refractivity contribution < 1.29 is 73.0 Å². The molecular weight excluding hydrogens is 2260 g/mol. The van der Waals surface area contributed by atoms with E-state index in [2.05, 4.69) is 355 Å². The van der Waals surface area contributed by atoms with Crippen LogP contribution in [0.4, 0.5) is 0 Å². The first-order chi connectivity index (χ1) is 66.8. The molecule has 9 heterocycles. The first-order valence-electron chi connectivity index (χ1n) is 48.3. The van der Waals surface area contributed by atoms with E-state index >= 15 is 0 Å². The molecule has 15 heteroatoms. The van der Waals surface area contributed by atoms with Gasteiger partial charge in [-0.15, -0.1) is 179 Å². The van der Waals surface area contributed by atoms with Crippen molar-refractivity contribution in [2.75, 3.05) is 0 Å². The van der Waals surface area contributed by atoms with Crippen LogP contribution in [0.15, 0.2) is 369 Å². The second-order valence-electron chi connectivity index (χ2n) is 36.7. The molecule has 136 heavy (non-hydrogen) atoms. The predicted molar refractivity (Wildman–Crippen MR) is 571 cm³/mol. The van der Waals surface area contributed by atoms with E-state index in [0.29, 0.717) is 23.2 Å². The molecular formula is C121H111Ir3N7OSSi3-6. The van der Waals surface area contributed by atoms with E-state index in [1.165, 1.54) is 103 Å². The van der Waals surface area contributed by atoms with Gasteiger partial charge in [0.05, 0.1) is 21.7 Å². The number of pyridine rings is 6. The number of para-hydroxylation sites is 3. The van der Waals surface area contributed by atoms with Crippen molar-refractivity contribution in [2.45, 2.75) is 114 Å². The molecule has 0 bridgehead atoms. The van der Waals surface area contributed by atoms with Gasteiger partial charge in [0.15, 0.2) is 0 Å². The molecule has 9 aromatic heterocycles. The summed E-state index contributed by atoms with van der Waals surface area (Å²) in [6.07, 6.45) is 8.52. The van der Waals surface area contributed by atoms with E-state index in [9.17, 15) is 0 Å². The number of aromatic nitrogens is 7. The van der Waals surface area contributed by atoms with Crippen molar-refractivity contribution >= 4 is 120 Å². The molecule has 0 aliphatic rings. The standard InChI is InChI=1S/C30H31N2Si.C29H28NOSi.C26H22NSSi.3C12H10N.3Ir/c1-21(2)17-23-19-27(31-20-30(23)33(3,4)5)22-15-16-29-26(18-22)25-13-9-10-14-28(25)32(29)24-11-7-6-8-12-24;1-20(2)16-22-18-26(30-19-29(22)32(3,4)23-10-6-5-7-11-23)21-14-15-28-25(17-21)24-12-8-9-13-27(24)31-28;1-29(2,3)26-17-27-23(16-21(26)18-9-5-4-6-10-18)19-13-14-25-22(15-19)20-11-7-8-12-24(20)28-25;3*1-10-6-5-9-12(13-10)11-7-3-2-4-8-11;;;/h6-14,16,18-21H,17H2,1-5H3;5-13,15,17-20H,16H2,1-4H3;4-12,14-17H,1-3H3;3*2-7,9H,1H3;;;/q6*-1;;;/i;;;2*1D3;;;;. The number of benzene rings is 12. The Morgan fingerprint density at radius 3 is 1.32 bits per heavy atom. The Balaban J connectivity index is 0.000000147. The van der Waals surface area contributed by atoms with Crippen LogP contribution in [0.1, 0.15) is 64.1 Å². The van der Waals surface area contributed by atoms with E-state index in [-0.39, 0.29) is 71.7 Å². The van der Waals surface area contributed by atoms with E-state index in [1.54, 1.807) is 36.4 Å². The molecule has 687 valence electrons. The van der Waals surface area contributed by atoms with Gasteiger partial charge in [-0.3, -0.25) is 0 Å². The Morgan fingerprint density at radius 2 is 0.787 bits per heavy atom. The van der Waals surface area contributed by atoms with Gasteiger partial charge in [-0.25, -0.2) is 0 Å². The van der Waals surface area contributed by atoms with Crippen molar-refractivity contribution in [3.05, 3.63) is 429 Å². The minimum Gasteiger partial charge on any atom is -0.500 e. The molecule has 0 aliphatic carbocycles. The maximum absolute atomic E-state index is 7.29. The van der Waals surface area contributed by atoms with Gasteiger partial charge in [-0.05, 0) is 176 Å². The minimum atomic E-state index is -2.16. The van der Waals surface area contributed by atoms with Gasteiger partial charge in [-0.1, -0.05) is 301 Å². The van der Waals surface area contributed by atoms with Gasteiger partial charge in [0, 0.05) is 126 Å². The number of nitrogens with zero attached hydrogens (tertiary/aromatic N) is 7. The largest absolute Gasteiger partial charge is 0.500 e. The number of hydrogen-bond donors (Lipinski definition) is 0. The van der Waals surface area contributed by atoms with Crippen LogP contribution in [-0.2, 0) is 73.2 Å². The molecule has 0 N–H and O–H groups in total. The first-order valence-corrected chi connectivity index (χ1v) is 56.2. The molecule has 0 spiro atoms. The SMILES string of the molecule is CC(C)Cc1cc(-c2[c-]cc3c(c2)c2ccccc2n3-c2ccccc2)ncc1[Si](C)(C)C.CC(C)Cc1cc(-c2[c-]cc3oc4ccccc4c3c2)ncc1[Si](C)(C)c1ccccc1.C[Si](C)(C)c1cnc(-c2[c-]cc3sc4ccccc4c3c2)cc1-c1ccccc1.Cc1cccc(-c2[c-]cccc2)n1.[2H]C([2H])([2H])c1cccc(-c2[c-]cccc2)n1.[2H]C([2H])([2H])c1cccc(-c2[c-]cccc2)n1.[Ir].[Ir].[Ir]. The number of aryl methyl sites for hydroxylation is 3. The quantitative estimate of drug-likeness (QED) is 0.0702. The van der Waals surface area contributed by atoms with Crippen molar-refractivity contribution in [3.8, 4) is 84.4 Å². The van der Waals surface area contributed by atoms with Crippen molar-refractivity contribution in [1.29, 1.82) is 0 Å². The van der Waals surface area contributed by atoms with E-state index in [0.717, 1.165) is 96.6 Å². The van der Waals surface area contributed by atoms with E-state index in [1.807, 2.05) is 115 Å². The fourth-order valence-corrected chi connectivity index (χ4v) is 23.7. The summed E-state index contributed by atoms with van der Waals surface area (Å²) in [4.78, 5) is 27.4. The van der Waals surface area contributed by atoms with Crippen LogP contribution in [-0.4, -0.2) is 58.7 Å². The smallest absolute Gasteiger partial charge is 0.120 e. The fourth-order valence-electron chi connectivity index (χ4n) is 16.9. The summed E-state index contributed by atoms with van der Waals surface area (Å²) in [5, 5.41) is 13.1. The fraction of sp³-hybridized carbons (Fsp3) is 0.157. The van der Waals surface area contributed by atoms with Crippen molar-refractivity contribution in [2.24, 2.45) is 11.8 Å². The molecule has 12 aromatic carbocycles. The number of thiophene rings is 1. The predicted octanol–water partition coefficient (Wildman–Crippen LogP) is 29.6. The molecule has 0 fully saturated rings. The summed E-state index contributed by atoms with van der Waals surface area (Å²) in [5.41, 5.74) is 23.0. The van der Waals surface area contributed by atoms with Crippen LogP contribution < -0.4 is 20.7 Å². The zero-order chi connectivity index (χ0) is 97.8. The third-order valence-electron chi connectivity index (χ3n) is 23.4. The van der Waals surface area contributed by atoms with Gasteiger partial charge in [0.2, 0.25) is 0 Å². The number of fused-ring (bicyclic) bond motifs is 9. The van der Waals surface area contributed by atoms with E-state index < -0.39 is 37.9 Å². The summed E-state index contributed by atoms with van der Waals surface area (Å²) in [6, 6.07) is 136. The van der Waals surface area contributed by atoms with Crippen LogP contribution in [0.25, 0.3) is 148 Å². The maximum atomic E-state index is 7.29. The molecule has 0 amide bonds. The number of hydrogen-bond acceptors (Lipinski definition) is 8. The molecule has 3 radical (unpaired) electrons.